The van der Waals surface area contributed by atoms with E-state index in [2.05, 4.69) is 25.6 Å². The van der Waals surface area contributed by atoms with Crippen LogP contribution in [0.2, 0.25) is 5.02 Å². The van der Waals surface area contributed by atoms with E-state index in [-0.39, 0.29) is 11.9 Å². The Morgan fingerprint density at radius 1 is 1.29 bits per heavy atom. The number of carbonyl (C=O) groups excluding carboxylic acids is 1. The number of hydrogen-bond acceptors (Lipinski definition) is 2. The lowest BCUT2D eigenvalue weighted by molar-refractivity contribution is 0.0975. The molecular formula is C17H16ClNOS. The third-order valence-corrected chi connectivity index (χ3v) is 4.53. The van der Waals surface area contributed by atoms with Crippen molar-refractivity contribution in [3.8, 4) is 0 Å². The second-order valence-corrected chi connectivity index (χ2v) is 6.28. The first kappa shape index (κ1) is 14.5. The van der Waals surface area contributed by atoms with Gasteiger partial charge in [-0.15, -0.1) is 12.6 Å². The Hall–Kier alpha value is -1.45. The Bertz CT molecular complexity index is 701. The summed E-state index contributed by atoms with van der Waals surface area (Å²) < 4.78 is 0. The van der Waals surface area contributed by atoms with Gasteiger partial charge < -0.3 is 4.90 Å². The molecule has 21 heavy (non-hydrogen) atoms. The summed E-state index contributed by atoms with van der Waals surface area (Å²) >= 11 is 10.5. The van der Waals surface area contributed by atoms with Crippen molar-refractivity contribution in [1.29, 1.82) is 0 Å². The van der Waals surface area contributed by atoms with Crippen molar-refractivity contribution in [2.75, 3.05) is 4.90 Å². The van der Waals surface area contributed by atoms with Crippen LogP contribution in [-0.4, -0.2) is 11.9 Å². The first-order valence-electron chi connectivity index (χ1n) is 6.98. The minimum Gasteiger partial charge on any atom is -0.305 e. The van der Waals surface area contributed by atoms with E-state index in [1.165, 1.54) is 5.56 Å². The monoisotopic (exact) mass is 317 g/mol. The summed E-state index contributed by atoms with van der Waals surface area (Å²) in [4.78, 5) is 15.5. The van der Waals surface area contributed by atoms with Crippen LogP contribution in [0, 0.1) is 0 Å². The Kier molecular flexibility index (Phi) is 3.96. The van der Waals surface area contributed by atoms with Crippen molar-refractivity contribution in [3.63, 3.8) is 0 Å². The number of nitrogens with zero attached hydrogens (tertiary/aromatic N) is 1. The number of rotatable bonds is 1. The molecule has 1 unspecified atom stereocenters. The fourth-order valence-electron chi connectivity index (χ4n) is 2.80. The van der Waals surface area contributed by atoms with Gasteiger partial charge in [-0.2, -0.15) is 0 Å². The molecule has 1 heterocycles. The van der Waals surface area contributed by atoms with E-state index in [1.807, 2.05) is 23.1 Å². The van der Waals surface area contributed by atoms with Gasteiger partial charge >= 0.3 is 0 Å². The third-order valence-electron chi connectivity index (χ3n) is 3.92. The highest BCUT2D eigenvalue weighted by molar-refractivity contribution is 7.80. The van der Waals surface area contributed by atoms with Crippen LogP contribution >= 0.6 is 24.2 Å². The fraction of sp³-hybridized carbons (Fsp3) is 0.235. The van der Waals surface area contributed by atoms with Gasteiger partial charge in [-0.25, -0.2) is 0 Å². The second-order valence-electron chi connectivity index (χ2n) is 5.36. The van der Waals surface area contributed by atoms with Gasteiger partial charge in [0, 0.05) is 16.6 Å². The van der Waals surface area contributed by atoms with E-state index in [1.54, 1.807) is 18.2 Å². The number of amides is 1. The highest BCUT2D eigenvalue weighted by Crippen LogP contribution is 2.33. The standard InChI is InChI=1S/C17H16ClNOS/c1-11-6-7-12-4-2-3-5-16(12)19(11)17(20)14-10-13(21)8-9-15(14)18/h2-5,8-11,21H,6-7H2,1H3. The number of carbonyl (C=O) groups is 1. The number of fused-ring (bicyclic) bond motifs is 1. The van der Waals surface area contributed by atoms with Crippen molar-refractivity contribution < 1.29 is 4.79 Å². The van der Waals surface area contributed by atoms with Crippen LogP contribution in [0.4, 0.5) is 5.69 Å². The van der Waals surface area contributed by atoms with Crippen molar-refractivity contribution in [2.45, 2.75) is 30.7 Å². The lowest BCUT2D eigenvalue weighted by atomic mass is 9.96. The van der Waals surface area contributed by atoms with Crippen LogP contribution in [-0.2, 0) is 6.42 Å². The maximum absolute atomic E-state index is 13.0. The molecular weight excluding hydrogens is 302 g/mol. The van der Waals surface area contributed by atoms with Gasteiger partial charge in [-0.1, -0.05) is 29.8 Å². The van der Waals surface area contributed by atoms with E-state index < -0.39 is 0 Å². The van der Waals surface area contributed by atoms with Crippen LogP contribution in [0.3, 0.4) is 0 Å². The van der Waals surface area contributed by atoms with Crippen molar-refractivity contribution in [1.82, 2.24) is 0 Å². The molecule has 0 saturated carbocycles. The molecule has 0 spiro atoms. The predicted molar refractivity (Wildman–Crippen MR) is 89.7 cm³/mol. The van der Waals surface area contributed by atoms with Crippen molar-refractivity contribution in [3.05, 3.63) is 58.6 Å². The van der Waals surface area contributed by atoms with Gasteiger partial charge in [0.15, 0.2) is 0 Å². The van der Waals surface area contributed by atoms with Gasteiger partial charge in [0.05, 0.1) is 10.6 Å². The van der Waals surface area contributed by atoms with Gasteiger partial charge in [-0.05, 0) is 49.6 Å². The van der Waals surface area contributed by atoms with Crippen molar-refractivity contribution in [2.24, 2.45) is 0 Å². The van der Waals surface area contributed by atoms with Crippen LogP contribution in [0.5, 0.6) is 0 Å². The summed E-state index contributed by atoms with van der Waals surface area (Å²) in [5, 5.41) is 0.466. The molecule has 1 atom stereocenters. The zero-order valence-electron chi connectivity index (χ0n) is 11.7. The number of hydrogen-bond donors (Lipinski definition) is 1. The molecule has 0 aliphatic carbocycles. The molecule has 1 aliphatic rings. The normalized spacial score (nSPS) is 17.5. The second kappa shape index (κ2) is 5.74. The molecule has 4 heteroatoms. The quantitative estimate of drug-likeness (QED) is 0.762. The lowest BCUT2D eigenvalue weighted by Gasteiger charge is -2.35. The Morgan fingerprint density at radius 3 is 2.86 bits per heavy atom. The zero-order chi connectivity index (χ0) is 15.0. The number of halogens is 1. The Morgan fingerprint density at radius 2 is 2.05 bits per heavy atom. The molecule has 0 fully saturated rings. The summed E-state index contributed by atoms with van der Waals surface area (Å²) in [6.45, 7) is 2.08. The summed E-state index contributed by atoms with van der Waals surface area (Å²) in [7, 11) is 0. The number of aryl methyl sites for hydroxylation is 1. The van der Waals surface area contributed by atoms with Crippen molar-refractivity contribution >= 4 is 35.8 Å². The molecule has 0 saturated heterocycles. The molecule has 1 aliphatic heterocycles. The molecule has 1 amide bonds. The first-order valence-corrected chi connectivity index (χ1v) is 7.80. The topological polar surface area (TPSA) is 20.3 Å². The summed E-state index contributed by atoms with van der Waals surface area (Å²) in [6.07, 6.45) is 1.96. The van der Waals surface area contributed by atoms with Gasteiger partial charge in [0.1, 0.15) is 0 Å². The van der Waals surface area contributed by atoms with Crippen LogP contribution < -0.4 is 4.90 Å². The van der Waals surface area contributed by atoms with E-state index in [0.29, 0.717) is 10.6 Å². The highest BCUT2D eigenvalue weighted by atomic mass is 35.5. The SMILES string of the molecule is CC1CCc2ccccc2N1C(=O)c1cc(S)ccc1Cl. The molecule has 0 bridgehead atoms. The molecule has 0 aromatic heterocycles. The van der Waals surface area contributed by atoms with E-state index in [0.717, 1.165) is 23.4 Å². The summed E-state index contributed by atoms with van der Waals surface area (Å²) in [5.74, 6) is -0.0597. The summed E-state index contributed by atoms with van der Waals surface area (Å²) in [5.41, 5.74) is 2.71. The molecule has 0 N–H and O–H groups in total. The zero-order valence-corrected chi connectivity index (χ0v) is 13.4. The van der Waals surface area contributed by atoms with Gasteiger partial charge in [0.2, 0.25) is 0 Å². The molecule has 2 aromatic rings. The number of para-hydroxylation sites is 1. The fourth-order valence-corrected chi connectivity index (χ4v) is 3.21. The van der Waals surface area contributed by atoms with E-state index in [9.17, 15) is 4.79 Å². The maximum Gasteiger partial charge on any atom is 0.260 e. The van der Waals surface area contributed by atoms with Crippen LogP contribution in [0.15, 0.2) is 47.4 Å². The number of benzene rings is 2. The molecule has 3 rings (SSSR count). The average molecular weight is 318 g/mol. The third kappa shape index (κ3) is 2.68. The number of thiol groups is 1. The predicted octanol–water partition coefficient (Wildman–Crippen LogP) is 4.61. The Labute approximate surface area is 135 Å². The van der Waals surface area contributed by atoms with Crippen LogP contribution in [0.25, 0.3) is 0 Å². The average Bonchev–Trinajstić information content (AvgIpc) is 2.49. The van der Waals surface area contributed by atoms with Crippen LogP contribution in [0.1, 0.15) is 29.3 Å². The molecule has 2 nitrogen and oxygen atoms in total. The minimum atomic E-state index is -0.0597. The maximum atomic E-state index is 13.0. The lowest BCUT2D eigenvalue weighted by Crippen LogP contribution is -2.42. The smallest absolute Gasteiger partial charge is 0.260 e. The van der Waals surface area contributed by atoms with E-state index >= 15 is 0 Å². The van der Waals surface area contributed by atoms with E-state index in [4.69, 9.17) is 11.6 Å². The molecule has 2 aromatic carbocycles. The number of anilines is 1. The largest absolute Gasteiger partial charge is 0.305 e. The summed E-state index contributed by atoms with van der Waals surface area (Å²) in [6, 6.07) is 13.5. The first-order chi connectivity index (χ1) is 10.1. The Balaban J connectivity index is 2.07. The van der Waals surface area contributed by atoms with Gasteiger partial charge in [0.25, 0.3) is 5.91 Å². The molecule has 0 radical (unpaired) electrons. The van der Waals surface area contributed by atoms with Gasteiger partial charge in [-0.3, -0.25) is 4.79 Å². The molecule has 108 valence electrons. The minimum absolute atomic E-state index is 0.0597. The highest BCUT2D eigenvalue weighted by Gasteiger charge is 2.29.